The fourth-order valence-corrected chi connectivity index (χ4v) is 2.66. The lowest BCUT2D eigenvalue weighted by molar-refractivity contribution is 0.00676. The maximum atomic E-state index is 12.4. The maximum Gasteiger partial charge on any atom is 0.255 e. The van der Waals surface area contributed by atoms with Crippen LogP contribution in [0.15, 0.2) is 27.8 Å². The third kappa shape index (κ3) is 3.23. The van der Waals surface area contributed by atoms with Gasteiger partial charge in [-0.1, -0.05) is 32.7 Å². The van der Waals surface area contributed by atoms with E-state index in [0.717, 1.165) is 4.47 Å². The van der Waals surface area contributed by atoms with Crippen molar-refractivity contribution in [2.24, 2.45) is 10.9 Å². The monoisotopic (exact) mass is 361 g/mol. The van der Waals surface area contributed by atoms with E-state index in [1.165, 1.54) is 0 Å². The summed E-state index contributed by atoms with van der Waals surface area (Å²) in [6, 6.07) is 5.07. The Morgan fingerprint density at radius 3 is 3.00 bits per heavy atom. The van der Waals surface area contributed by atoms with E-state index in [2.05, 4.69) is 21.1 Å². The molecule has 8 heteroatoms. The summed E-state index contributed by atoms with van der Waals surface area (Å²) in [7, 11) is 0. The van der Waals surface area contributed by atoms with E-state index >= 15 is 0 Å². The Bertz CT molecular complexity index is 553. The van der Waals surface area contributed by atoms with Gasteiger partial charge in [-0.15, -0.1) is 0 Å². The van der Waals surface area contributed by atoms with Gasteiger partial charge < -0.3 is 20.6 Å². The second-order valence-corrected chi connectivity index (χ2v) is 5.58. The molecule has 1 heterocycles. The van der Waals surface area contributed by atoms with Crippen molar-refractivity contribution in [2.75, 3.05) is 19.7 Å². The minimum atomic E-state index is -0.605. The first kappa shape index (κ1) is 15.1. The van der Waals surface area contributed by atoms with E-state index in [-0.39, 0.29) is 18.3 Å². The van der Waals surface area contributed by atoms with Gasteiger partial charge >= 0.3 is 0 Å². The maximum absolute atomic E-state index is 12.4. The van der Waals surface area contributed by atoms with Crippen LogP contribution in [0.25, 0.3) is 0 Å². The van der Waals surface area contributed by atoms with Crippen LogP contribution in [-0.2, 0) is 4.74 Å². The Morgan fingerprint density at radius 1 is 1.60 bits per heavy atom. The van der Waals surface area contributed by atoms with E-state index in [9.17, 15) is 4.79 Å². The molecule has 0 spiro atoms. The molecular weight excluding hydrogens is 350 g/mol. The average molecular weight is 363 g/mol. The van der Waals surface area contributed by atoms with Gasteiger partial charge in [-0.2, -0.15) is 0 Å². The lowest BCUT2D eigenvalue weighted by Crippen LogP contribution is -2.50. The van der Waals surface area contributed by atoms with Crippen LogP contribution in [0.3, 0.4) is 0 Å². The molecule has 0 aliphatic carbocycles. The third-order valence-corrected chi connectivity index (χ3v) is 3.77. The molecule has 20 heavy (non-hydrogen) atoms. The summed E-state index contributed by atoms with van der Waals surface area (Å²) >= 11 is 9.36. The first-order chi connectivity index (χ1) is 9.52. The normalized spacial score (nSPS) is 20.0. The highest BCUT2D eigenvalue weighted by Crippen LogP contribution is 2.23. The highest BCUT2D eigenvalue weighted by molar-refractivity contribution is 9.10. The molecule has 1 atom stereocenters. The van der Waals surface area contributed by atoms with Crippen LogP contribution in [0, 0.1) is 0 Å². The summed E-state index contributed by atoms with van der Waals surface area (Å²) in [6.45, 7) is 0.975. The fraction of sp³-hybridized carbons (Fsp3) is 0.333. The van der Waals surface area contributed by atoms with Gasteiger partial charge in [0.1, 0.15) is 6.10 Å². The van der Waals surface area contributed by atoms with E-state index < -0.39 is 6.10 Å². The molecule has 1 aliphatic rings. The topological polar surface area (TPSA) is 88.2 Å². The first-order valence-electron chi connectivity index (χ1n) is 5.86. The van der Waals surface area contributed by atoms with Crippen molar-refractivity contribution in [2.45, 2.75) is 6.10 Å². The summed E-state index contributed by atoms with van der Waals surface area (Å²) in [6.07, 6.45) is -0.605. The van der Waals surface area contributed by atoms with Gasteiger partial charge in [-0.25, -0.2) is 0 Å². The summed E-state index contributed by atoms with van der Waals surface area (Å²) in [5.74, 6) is -0.258. The van der Waals surface area contributed by atoms with Crippen LogP contribution < -0.4 is 5.73 Å². The highest BCUT2D eigenvalue weighted by atomic mass is 79.9. The zero-order valence-corrected chi connectivity index (χ0v) is 12.8. The molecule has 1 amide bonds. The Hall–Kier alpha value is -1.31. The molecule has 1 aromatic carbocycles. The zero-order chi connectivity index (χ0) is 14.7. The summed E-state index contributed by atoms with van der Waals surface area (Å²) in [4.78, 5) is 14.0. The molecular formula is C12H13BrClN3O3. The number of benzene rings is 1. The molecule has 1 saturated heterocycles. The van der Waals surface area contributed by atoms with Gasteiger partial charge in [0.25, 0.3) is 5.91 Å². The van der Waals surface area contributed by atoms with Crippen molar-refractivity contribution in [1.82, 2.24) is 4.90 Å². The molecule has 1 aliphatic heterocycles. The molecule has 3 N–H and O–H groups in total. The molecule has 6 nitrogen and oxygen atoms in total. The number of oxime groups is 1. The molecule has 0 radical (unpaired) electrons. The summed E-state index contributed by atoms with van der Waals surface area (Å²) in [5, 5.41) is 11.9. The predicted octanol–water partition coefficient (Wildman–Crippen LogP) is 1.69. The number of nitrogens with two attached hydrogens (primary N) is 1. The summed E-state index contributed by atoms with van der Waals surface area (Å²) < 4.78 is 6.15. The highest BCUT2D eigenvalue weighted by Gasteiger charge is 2.28. The minimum absolute atomic E-state index is 0.0515. The average Bonchev–Trinajstić information content (AvgIpc) is 2.46. The Kier molecular flexibility index (Phi) is 4.85. The van der Waals surface area contributed by atoms with Crippen molar-refractivity contribution in [3.05, 3.63) is 33.3 Å². The van der Waals surface area contributed by atoms with Gasteiger partial charge in [0.15, 0.2) is 5.84 Å². The van der Waals surface area contributed by atoms with Crippen molar-refractivity contribution in [3.63, 3.8) is 0 Å². The lowest BCUT2D eigenvalue weighted by atomic mass is 10.1. The fourth-order valence-electron chi connectivity index (χ4n) is 1.91. The second-order valence-electron chi connectivity index (χ2n) is 4.26. The van der Waals surface area contributed by atoms with Crippen LogP contribution in [-0.4, -0.2) is 47.7 Å². The SMILES string of the molecule is NC(=NO)C1CN(C(=O)c2ccc(Br)cc2Cl)CCO1. The third-order valence-electron chi connectivity index (χ3n) is 2.96. The quantitative estimate of drug-likeness (QED) is 0.363. The molecule has 0 bridgehead atoms. The number of halogens is 2. The number of carbonyl (C=O) groups excluding carboxylic acids is 1. The van der Waals surface area contributed by atoms with Gasteiger partial charge in [0, 0.05) is 11.0 Å². The molecule has 1 fully saturated rings. The predicted molar refractivity (Wildman–Crippen MR) is 78.2 cm³/mol. The smallest absolute Gasteiger partial charge is 0.255 e. The number of amides is 1. The van der Waals surface area contributed by atoms with E-state index in [1.807, 2.05) is 0 Å². The standard InChI is InChI=1S/C12H13BrClN3O3/c13-7-1-2-8(9(14)5-7)12(18)17-3-4-20-10(6-17)11(15)16-19/h1-2,5,10,19H,3-4,6H2,(H2,15,16). The van der Waals surface area contributed by atoms with Gasteiger partial charge in [0.05, 0.1) is 23.7 Å². The number of morpholine rings is 1. The molecule has 0 saturated carbocycles. The van der Waals surface area contributed by atoms with E-state index in [0.29, 0.717) is 23.7 Å². The Balaban J connectivity index is 2.16. The molecule has 108 valence electrons. The summed E-state index contributed by atoms with van der Waals surface area (Å²) in [5.41, 5.74) is 5.92. The van der Waals surface area contributed by atoms with Crippen molar-refractivity contribution < 1.29 is 14.7 Å². The van der Waals surface area contributed by atoms with Crippen LogP contribution in [0.1, 0.15) is 10.4 Å². The molecule has 1 unspecified atom stereocenters. The number of nitrogens with zero attached hydrogens (tertiary/aromatic N) is 2. The largest absolute Gasteiger partial charge is 0.409 e. The molecule has 2 rings (SSSR count). The van der Waals surface area contributed by atoms with Crippen molar-refractivity contribution >= 4 is 39.3 Å². The van der Waals surface area contributed by atoms with E-state index in [4.69, 9.17) is 27.3 Å². The van der Waals surface area contributed by atoms with Crippen LogP contribution in [0.2, 0.25) is 5.02 Å². The number of hydrogen-bond acceptors (Lipinski definition) is 4. The van der Waals surface area contributed by atoms with Crippen LogP contribution >= 0.6 is 27.5 Å². The Morgan fingerprint density at radius 2 is 2.35 bits per heavy atom. The molecule has 1 aromatic rings. The van der Waals surface area contributed by atoms with Crippen LogP contribution in [0.4, 0.5) is 0 Å². The Labute approximate surface area is 129 Å². The number of carbonyl (C=O) groups is 1. The number of rotatable bonds is 2. The van der Waals surface area contributed by atoms with Crippen LogP contribution in [0.5, 0.6) is 0 Å². The molecule has 0 aromatic heterocycles. The number of hydrogen-bond donors (Lipinski definition) is 2. The van der Waals surface area contributed by atoms with Crippen molar-refractivity contribution in [3.8, 4) is 0 Å². The number of amidine groups is 1. The van der Waals surface area contributed by atoms with Gasteiger partial charge in [0.2, 0.25) is 0 Å². The van der Waals surface area contributed by atoms with Crippen molar-refractivity contribution in [1.29, 1.82) is 0 Å². The first-order valence-corrected chi connectivity index (χ1v) is 7.03. The van der Waals surface area contributed by atoms with Gasteiger partial charge in [-0.05, 0) is 18.2 Å². The van der Waals surface area contributed by atoms with Gasteiger partial charge in [-0.3, -0.25) is 4.79 Å². The van der Waals surface area contributed by atoms with E-state index in [1.54, 1.807) is 23.1 Å². The second kappa shape index (κ2) is 6.43. The zero-order valence-electron chi connectivity index (χ0n) is 10.4. The minimum Gasteiger partial charge on any atom is -0.409 e. The number of ether oxygens (including phenoxy) is 1. The lowest BCUT2D eigenvalue weighted by Gasteiger charge is -2.32.